The first kappa shape index (κ1) is 17.0. The lowest BCUT2D eigenvalue weighted by atomic mass is 9.84. The first-order chi connectivity index (χ1) is 10.1. The molecule has 0 bridgehead atoms. The first-order valence-electron chi connectivity index (χ1n) is 8.32. The number of hydrogen-bond donors (Lipinski definition) is 1. The van der Waals surface area contributed by atoms with Gasteiger partial charge in [-0.15, -0.1) is 0 Å². The second-order valence-corrected chi connectivity index (χ2v) is 7.33. The fourth-order valence-corrected chi connectivity index (χ4v) is 4.03. The van der Waals surface area contributed by atoms with Crippen LogP contribution in [-0.4, -0.2) is 24.5 Å². The summed E-state index contributed by atoms with van der Waals surface area (Å²) in [6.07, 6.45) is 7.90. The Labute approximate surface area is 138 Å². The summed E-state index contributed by atoms with van der Waals surface area (Å²) in [4.78, 5) is 2.53. The molecular weight excluding hydrogens is 324 g/mol. The Kier molecular flexibility index (Phi) is 6.72. The van der Waals surface area contributed by atoms with Crippen LogP contribution in [0.4, 0.5) is 0 Å². The summed E-state index contributed by atoms with van der Waals surface area (Å²) in [5.74, 6) is 0.970. The van der Waals surface area contributed by atoms with Gasteiger partial charge >= 0.3 is 0 Å². The Bertz CT molecular complexity index is 427. The highest BCUT2D eigenvalue weighted by Crippen LogP contribution is 2.30. The van der Waals surface area contributed by atoms with Gasteiger partial charge in [0.05, 0.1) is 0 Å². The molecule has 21 heavy (non-hydrogen) atoms. The minimum absolute atomic E-state index is 0.120. The molecule has 1 fully saturated rings. The molecule has 1 aliphatic rings. The van der Waals surface area contributed by atoms with E-state index in [4.69, 9.17) is 5.73 Å². The molecule has 0 amide bonds. The number of nitrogens with zero attached hydrogens (tertiary/aromatic N) is 1. The van der Waals surface area contributed by atoms with Gasteiger partial charge in [-0.2, -0.15) is 0 Å². The van der Waals surface area contributed by atoms with Crippen molar-refractivity contribution in [1.29, 1.82) is 0 Å². The highest BCUT2D eigenvalue weighted by molar-refractivity contribution is 9.10. The summed E-state index contributed by atoms with van der Waals surface area (Å²) in [6, 6.07) is 9.19. The Morgan fingerprint density at radius 2 is 1.90 bits per heavy atom. The van der Waals surface area contributed by atoms with Crippen LogP contribution in [-0.2, 0) is 0 Å². The van der Waals surface area contributed by atoms with Crippen LogP contribution in [0.2, 0.25) is 0 Å². The summed E-state index contributed by atoms with van der Waals surface area (Å²) in [6.45, 7) is 3.41. The zero-order valence-corrected chi connectivity index (χ0v) is 15.0. The molecule has 1 saturated carbocycles. The fourth-order valence-electron chi connectivity index (χ4n) is 3.45. The standard InChI is InChI=1S/C18H29BrN2/c1-3-14-8-10-15(11-9-14)21(2)13-12-18(20)16-6-4-5-7-17(16)19/h4-7,14-15,18H,3,8-13,20H2,1-2H3. The van der Waals surface area contributed by atoms with Gasteiger partial charge in [-0.05, 0) is 63.2 Å². The number of hydrogen-bond acceptors (Lipinski definition) is 2. The third-order valence-electron chi connectivity index (χ3n) is 5.11. The molecule has 1 aromatic rings. The Balaban J connectivity index is 1.79. The lowest BCUT2D eigenvalue weighted by Gasteiger charge is -2.35. The van der Waals surface area contributed by atoms with Crippen LogP contribution in [0, 0.1) is 5.92 Å². The number of nitrogens with two attached hydrogens (primary N) is 1. The normalized spacial score (nSPS) is 24.2. The van der Waals surface area contributed by atoms with E-state index < -0.39 is 0 Å². The van der Waals surface area contributed by atoms with Gasteiger partial charge in [-0.1, -0.05) is 47.5 Å². The van der Waals surface area contributed by atoms with Gasteiger partial charge in [0, 0.05) is 16.6 Å². The minimum Gasteiger partial charge on any atom is -0.324 e. The SMILES string of the molecule is CCC1CCC(N(C)CCC(N)c2ccccc2Br)CC1. The van der Waals surface area contributed by atoms with E-state index in [1.807, 2.05) is 6.07 Å². The Hall–Kier alpha value is -0.380. The first-order valence-corrected chi connectivity index (χ1v) is 9.11. The van der Waals surface area contributed by atoms with Crippen molar-refractivity contribution in [3.63, 3.8) is 0 Å². The average molecular weight is 353 g/mol. The molecule has 0 saturated heterocycles. The molecule has 118 valence electrons. The van der Waals surface area contributed by atoms with Crippen molar-refractivity contribution in [1.82, 2.24) is 4.90 Å². The van der Waals surface area contributed by atoms with Gasteiger partial charge in [-0.3, -0.25) is 0 Å². The summed E-state index contributed by atoms with van der Waals surface area (Å²) < 4.78 is 1.13. The van der Waals surface area contributed by atoms with Crippen LogP contribution >= 0.6 is 15.9 Å². The molecule has 0 spiro atoms. The largest absolute Gasteiger partial charge is 0.324 e. The third-order valence-corrected chi connectivity index (χ3v) is 5.84. The zero-order chi connectivity index (χ0) is 15.2. The second-order valence-electron chi connectivity index (χ2n) is 6.48. The van der Waals surface area contributed by atoms with E-state index in [-0.39, 0.29) is 6.04 Å². The Morgan fingerprint density at radius 1 is 1.24 bits per heavy atom. The summed E-state index contributed by atoms with van der Waals surface area (Å²) >= 11 is 3.60. The molecule has 1 aromatic carbocycles. The lowest BCUT2D eigenvalue weighted by molar-refractivity contribution is 0.159. The van der Waals surface area contributed by atoms with Crippen molar-refractivity contribution in [3.8, 4) is 0 Å². The molecular formula is C18H29BrN2. The minimum atomic E-state index is 0.120. The van der Waals surface area contributed by atoms with Crippen LogP contribution < -0.4 is 5.73 Å². The zero-order valence-electron chi connectivity index (χ0n) is 13.4. The molecule has 1 atom stereocenters. The van der Waals surface area contributed by atoms with Crippen molar-refractivity contribution in [2.75, 3.05) is 13.6 Å². The van der Waals surface area contributed by atoms with Crippen LogP contribution in [0.25, 0.3) is 0 Å². The predicted molar refractivity (Wildman–Crippen MR) is 94.4 cm³/mol. The van der Waals surface area contributed by atoms with E-state index in [2.05, 4.69) is 53.0 Å². The van der Waals surface area contributed by atoms with E-state index >= 15 is 0 Å². The molecule has 0 radical (unpaired) electrons. The highest BCUT2D eigenvalue weighted by Gasteiger charge is 2.23. The number of halogens is 1. The molecule has 1 aliphatic carbocycles. The second kappa shape index (κ2) is 8.30. The molecule has 2 nitrogen and oxygen atoms in total. The lowest BCUT2D eigenvalue weighted by Crippen LogP contribution is -2.36. The quantitative estimate of drug-likeness (QED) is 0.800. The summed E-state index contributed by atoms with van der Waals surface area (Å²) in [7, 11) is 2.27. The van der Waals surface area contributed by atoms with Gasteiger partial charge in [-0.25, -0.2) is 0 Å². The van der Waals surface area contributed by atoms with Crippen LogP contribution in [0.5, 0.6) is 0 Å². The monoisotopic (exact) mass is 352 g/mol. The Morgan fingerprint density at radius 3 is 2.52 bits per heavy atom. The molecule has 3 heteroatoms. The van der Waals surface area contributed by atoms with E-state index in [0.717, 1.165) is 29.4 Å². The van der Waals surface area contributed by atoms with Crippen molar-refractivity contribution < 1.29 is 0 Å². The smallest absolute Gasteiger partial charge is 0.0318 e. The van der Waals surface area contributed by atoms with E-state index in [0.29, 0.717) is 0 Å². The molecule has 0 aromatic heterocycles. The van der Waals surface area contributed by atoms with Crippen LogP contribution in [0.1, 0.15) is 57.1 Å². The molecule has 2 rings (SSSR count). The molecule has 1 unspecified atom stereocenters. The number of rotatable bonds is 6. The van der Waals surface area contributed by atoms with Crippen LogP contribution in [0.3, 0.4) is 0 Å². The summed E-state index contributed by atoms with van der Waals surface area (Å²) in [5.41, 5.74) is 7.58. The van der Waals surface area contributed by atoms with Crippen LogP contribution in [0.15, 0.2) is 28.7 Å². The topological polar surface area (TPSA) is 29.3 Å². The van der Waals surface area contributed by atoms with E-state index in [1.54, 1.807) is 0 Å². The molecule has 0 heterocycles. The van der Waals surface area contributed by atoms with E-state index in [9.17, 15) is 0 Å². The van der Waals surface area contributed by atoms with Gasteiger partial charge in [0.25, 0.3) is 0 Å². The van der Waals surface area contributed by atoms with Crippen molar-refractivity contribution in [2.45, 2.75) is 57.5 Å². The molecule has 0 aliphatic heterocycles. The number of benzene rings is 1. The third kappa shape index (κ3) is 4.80. The predicted octanol–water partition coefficient (Wildman–Crippen LogP) is 4.74. The van der Waals surface area contributed by atoms with Gasteiger partial charge < -0.3 is 10.6 Å². The van der Waals surface area contributed by atoms with Crippen molar-refractivity contribution in [3.05, 3.63) is 34.3 Å². The van der Waals surface area contributed by atoms with Gasteiger partial charge in [0.2, 0.25) is 0 Å². The summed E-state index contributed by atoms with van der Waals surface area (Å²) in [5, 5.41) is 0. The average Bonchev–Trinajstić information content (AvgIpc) is 2.52. The molecule has 2 N–H and O–H groups in total. The maximum absolute atomic E-state index is 6.36. The maximum atomic E-state index is 6.36. The van der Waals surface area contributed by atoms with Crippen molar-refractivity contribution >= 4 is 15.9 Å². The fraction of sp³-hybridized carbons (Fsp3) is 0.667. The highest BCUT2D eigenvalue weighted by atomic mass is 79.9. The van der Waals surface area contributed by atoms with E-state index in [1.165, 1.54) is 37.7 Å². The maximum Gasteiger partial charge on any atom is 0.0318 e. The van der Waals surface area contributed by atoms with Gasteiger partial charge in [0.15, 0.2) is 0 Å². The van der Waals surface area contributed by atoms with Gasteiger partial charge in [0.1, 0.15) is 0 Å². The van der Waals surface area contributed by atoms with Crippen molar-refractivity contribution in [2.24, 2.45) is 11.7 Å².